The number of ether oxygens (including phenoxy) is 1. The number of nitrogens with two attached hydrogens (primary N) is 1. The van der Waals surface area contributed by atoms with Gasteiger partial charge in [-0.15, -0.1) is 11.3 Å². The lowest BCUT2D eigenvalue weighted by Gasteiger charge is -2.33. The van der Waals surface area contributed by atoms with Crippen molar-refractivity contribution < 1.29 is 17.9 Å². The van der Waals surface area contributed by atoms with E-state index in [-0.39, 0.29) is 23.1 Å². The SMILES string of the molecule is COC1CC(N)CC(Nc2ncnc3sc(CC(F)(F)F)cc23)C1. The first-order valence-corrected chi connectivity index (χ1v) is 8.51. The highest BCUT2D eigenvalue weighted by atomic mass is 32.1. The van der Waals surface area contributed by atoms with Gasteiger partial charge >= 0.3 is 6.18 Å². The summed E-state index contributed by atoms with van der Waals surface area (Å²) in [5.74, 6) is 0.554. The van der Waals surface area contributed by atoms with E-state index in [1.807, 2.05) is 0 Å². The molecule has 0 saturated heterocycles. The first kappa shape index (κ1) is 17.4. The van der Waals surface area contributed by atoms with Gasteiger partial charge in [0.15, 0.2) is 0 Å². The minimum absolute atomic E-state index is 0.0294. The van der Waals surface area contributed by atoms with Gasteiger partial charge in [-0.2, -0.15) is 13.2 Å². The molecule has 1 aliphatic rings. The zero-order valence-corrected chi connectivity index (χ0v) is 14.0. The standard InChI is InChI=1S/C15H19F3N4OS/c1-23-10-3-8(19)2-9(4-10)22-13-12-5-11(6-15(16,17)18)24-14(12)21-7-20-13/h5,7-10H,2-4,6,19H2,1H3,(H,20,21,22). The highest BCUT2D eigenvalue weighted by Crippen LogP contribution is 2.33. The fourth-order valence-electron chi connectivity index (χ4n) is 3.12. The molecule has 5 nitrogen and oxygen atoms in total. The number of nitrogens with one attached hydrogen (secondary N) is 1. The second-order valence-corrected chi connectivity index (χ2v) is 7.23. The number of anilines is 1. The minimum Gasteiger partial charge on any atom is -0.381 e. The number of halogens is 3. The number of methoxy groups -OCH3 is 1. The van der Waals surface area contributed by atoms with Gasteiger partial charge in [0.1, 0.15) is 17.0 Å². The number of alkyl halides is 3. The van der Waals surface area contributed by atoms with Gasteiger partial charge in [-0.3, -0.25) is 0 Å². The first-order valence-electron chi connectivity index (χ1n) is 7.69. The summed E-state index contributed by atoms with van der Waals surface area (Å²) in [6, 6.07) is 1.62. The average Bonchev–Trinajstić information content (AvgIpc) is 2.87. The van der Waals surface area contributed by atoms with Crippen LogP contribution in [0.2, 0.25) is 0 Å². The topological polar surface area (TPSA) is 73.1 Å². The smallest absolute Gasteiger partial charge is 0.381 e. The van der Waals surface area contributed by atoms with Gasteiger partial charge in [-0.05, 0) is 25.3 Å². The van der Waals surface area contributed by atoms with Crippen molar-refractivity contribution in [3.63, 3.8) is 0 Å². The van der Waals surface area contributed by atoms with E-state index >= 15 is 0 Å². The Bertz CT molecular complexity index is 706. The van der Waals surface area contributed by atoms with Crippen LogP contribution < -0.4 is 11.1 Å². The number of nitrogens with zero attached hydrogens (tertiary/aromatic N) is 2. The van der Waals surface area contributed by atoms with Crippen LogP contribution in [0.4, 0.5) is 19.0 Å². The van der Waals surface area contributed by atoms with Gasteiger partial charge in [0, 0.05) is 24.1 Å². The number of hydrogen-bond acceptors (Lipinski definition) is 6. The summed E-state index contributed by atoms with van der Waals surface area (Å²) in [6.07, 6.45) is -1.37. The Morgan fingerprint density at radius 1 is 1.33 bits per heavy atom. The summed E-state index contributed by atoms with van der Waals surface area (Å²) >= 11 is 1.05. The lowest BCUT2D eigenvalue weighted by molar-refractivity contribution is -0.126. The lowest BCUT2D eigenvalue weighted by atomic mass is 9.89. The van der Waals surface area contributed by atoms with Crippen molar-refractivity contribution in [2.45, 2.75) is 50.0 Å². The quantitative estimate of drug-likeness (QED) is 0.877. The second kappa shape index (κ2) is 6.81. The minimum atomic E-state index is -4.23. The molecule has 2 aromatic rings. The Morgan fingerprint density at radius 3 is 2.83 bits per heavy atom. The van der Waals surface area contributed by atoms with Crippen LogP contribution in [0.1, 0.15) is 24.1 Å². The Kier molecular flexibility index (Phi) is 4.93. The van der Waals surface area contributed by atoms with Gasteiger partial charge in [0.05, 0.1) is 17.9 Å². The fourth-order valence-corrected chi connectivity index (χ4v) is 4.14. The molecule has 3 atom stereocenters. The maximum Gasteiger partial charge on any atom is 0.393 e. The largest absolute Gasteiger partial charge is 0.393 e. The molecule has 0 aromatic carbocycles. The molecule has 1 saturated carbocycles. The normalized spacial score (nSPS) is 25.1. The highest BCUT2D eigenvalue weighted by molar-refractivity contribution is 7.18. The molecule has 0 bridgehead atoms. The van der Waals surface area contributed by atoms with Crippen LogP contribution in [-0.2, 0) is 11.2 Å². The molecule has 9 heteroatoms. The first-order chi connectivity index (χ1) is 11.3. The van der Waals surface area contributed by atoms with E-state index in [1.54, 1.807) is 7.11 Å². The summed E-state index contributed by atoms with van der Waals surface area (Å²) < 4.78 is 43.2. The average molecular weight is 360 g/mol. The van der Waals surface area contributed by atoms with E-state index in [9.17, 15) is 13.2 Å². The lowest BCUT2D eigenvalue weighted by Crippen LogP contribution is -2.42. The summed E-state index contributed by atoms with van der Waals surface area (Å²) in [5, 5.41) is 3.93. The molecule has 1 fully saturated rings. The van der Waals surface area contributed by atoms with Gasteiger partial charge in [0.25, 0.3) is 0 Å². The molecular weight excluding hydrogens is 341 g/mol. The molecule has 0 amide bonds. The van der Waals surface area contributed by atoms with Crippen molar-refractivity contribution in [1.29, 1.82) is 0 Å². The van der Waals surface area contributed by atoms with E-state index in [1.165, 1.54) is 12.4 Å². The predicted molar refractivity (Wildman–Crippen MR) is 87.2 cm³/mol. The molecule has 0 radical (unpaired) electrons. The molecule has 2 heterocycles. The Balaban J connectivity index is 1.81. The molecule has 0 spiro atoms. The number of aromatic nitrogens is 2. The zero-order chi connectivity index (χ0) is 17.3. The summed E-state index contributed by atoms with van der Waals surface area (Å²) in [4.78, 5) is 9.07. The molecule has 1 aliphatic carbocycles. The van der Waals surface area contributed by atoms with Gasteiger partial charge in [-0.25, -0.2) is 9.97 Å². The van der Waals surface area contributed by atoms with E-state index < -0.39 is 12.6 Å². The Labute approximate surface area is 141 Å². The number of hydrogen-bond donors (Lipinski definition) is 2. The summed E-state index contributed by atoms with van der Waals surface area (Å²) in [7, 11) is 1.66. The highest BCUT2D eigenvalue weighted by Gasteiger charge is 2.30. The van der Waals surface area contributed by atoms with Crippen molar-refractivity contribution in [2.24, 2.45) is 5.73 Å². The van der Waals surface area contributed by atoms with Crippen molar-refractivity contribution in [2.75, 3.05) is 12.4 Å². The third-order valence-electron chi connectivity index (χ3n) is 4.13. The van der Waals surface area contributed by atoms with E-state index in [2.05, 4.69) is 15.3 Å². The molecule has 132 valence electrons. The summed E-state index contributed by atoms with van der Waals surface area (Å²) in [5.41, 5.74) is 6.06. The van der Waals surface area contributed by atoms with Crippen LogP contribution >= 0.6 is 11.3 Å². The van der Waals surface area contributed by atoms with E-state index in [0.29, 0.717) is 16.0 Å². The third-order valence-corrected chi connectivity index (χ3v) is 5.17. The second-order valence-electron chi connectivity index (χ2n) is 6.11. The molecule has 3 rings (SSSR count). The monoisotopic (exact) mass is 360 g/mol. The van der Waals surface area contributed by atoms with E-state index in [4.69, 9.17) is 10.5 Å². The molecule has 0 aliphatic heterocycles. The van der Waals surface area contributed by atoms with Crippen LogP contribution in [0.15, 0.2) is 12.4 Å². The van der Waals surface area contributed by atoms with E-state index in [0.717, 1.165) is 30.6 Å². The molecular formula is C15H19F3N4OS. The van der Waals surface area contributed by atoms with Gasteiger partial charge in [0.2, 0.25) is 0 Å². The molecule has 3 N–H and O–H groups in total. The number of rotatable bonds is 4. The van der Waals surface area contributed by atoms with Crippen LogP contribution in [0, 0.1) is 0 Å². The van der Waals surface area contributed by atoms with Crippen molar-refractivity contribution in [3.8, 4) is 0 Å². The van der Waals surface area contributed by atoms with Crippen molar-refractivity contribution in [1.82, 2.24) is 9.97 Å². The maximum atomic E-state index is 12.6. The van der Waals surface area contributed by atoms with Gasteiger partial charge in [-0.1, -0.05) is 0 Å². The molecule has 24 heavy (non-hydrogen) atoms. The zero-order valence-electron chi connectivity index (χ0n) is 13.1. The summed E-state index contributed by atoms with van der Waals surface area (Å²) in [6.45, 7) is 0. The van der Waals surface area contributed by atoms with Crippen LogP contribution in [0.25, 0.3) is 10.2 Å². The van der Waals surface area contributed by atoms with Crippen molar-refractivity contribution >= 4 is 27.4 Å². The van der Waals surface area contributed by atoms with Crippen LogP contribution in [0.5, 0.6) is 0 Å². The van der Waals surface area contributed by atoms with Crippen LogP contribution in [0.3, 0.4) is 0 Å². The molecule has 2 aromatic heterocycles. The number of fused-ring (bicyclic) bond motifs is 1. The third kappa shape index (κ3) is 4.14. The molecule has 3 unspecified atom stereocenters. The van der Waals surface area contributed by atoms with Crippen molar-refractivity contribution in [3.05, 3.63) is 17.3 Å². The maximum absolute atomic E-state index is 12.6. The van der Waals surface area contributed by atoms with Gasteiger partial charge < -0.3 is 15.8 Å². The fraction of sp³-hybridized carbons (Fsp3) is 0.600. The Hall–Kier alpha value is -1.45. The number of thiophene rings is 1. The Morgan fingerprint density at radius 2 is 2.12 bits per heavy atom. The van der Waals surface area contributed by atoms with Crippen LogP contribution in [-0.4, -0.2) is 41.4 Å². The predicted octanol–water partition coefficient (Wildman–Crippen LogP) is 3.10.